The molecule has 3 aromatic carbocycles. The van der Waals surface area contributed by atoms with Crippen LogP contribution in [-0.2, 0) is 32.6 Å². The summed E-state index contributed by atoms with van der Waals surface area (Å²) in [5.41, 5.74) is 3.06. The van der Waals surface area contributed by atoms with Crippen molar-refractivity contribution < 1.29 is 22.7 Å². The van der Waals surface area contributed by atoms with Crippen molar-refractivity contribution in [1.29, 1.82) is 0 Å². The van der Waals surface area contributed by atoms with Gasteiger partial charge >= 0.3 is 0 Å². The van der Waals surface area contributed by atoms with Crippen molar-refractivity contribution in [2.24, 2.45) is 0 Å². The van der Waals surface area contributed by atoms with Crippen molar-refractivity contribution in [3.05, 3.63) is 95.6 Å². The number of ether oxygens (including phenoxy) is 1. The number of para-hydroxylation sites is 2. The quantitative estimate of drug-likeness (QED) is 0.298. The van der Waals surface area contributed by atoms with Gasteiger partial charge in [0, 0.05) is 19.0 Å². The first kappa shape index (κ1) is 31.7. The molecule has 2 amide bonds. The Kier molecular flexibility index (Phi) is 11.3. The average Bonchev–Trinajstić information content (AvgIpc) is 2.95. The van der Waals surface area contributed by atoms with Gasteiger partial charge in [0.05, 0.1) is 18.6 Å². The normalized spacial score (nSPS) is 12.7. The smallest absolute Gasteiger partial charge is 0.244 e. The number of carbonyl (C=O) groups excluding carboxylic acids is 2. The van der Waals surface area contributed by atoms with E-state index in [4.69, 9.17) is 4.74 Å². The second-order valence-corrected chi connectivity index (χ2v) is 12.1. The highest BCUT2D eigenvalue weighted by molar-refractivity contribution is 7.92. The number of rotatable bonds is 14. The molecule has 0 aliphatic carbocycles. The highest BCUT2D eigenvalue weighted by Crippen LogP contribution is 2.30. The molecule has 2 atom stereocenters. The Hall–Kier alpha value is -3.85. The number of aryl methyl sites for hydroxylation is 1. The van der Waals surface area contributed by atoms with Crippen LogP contribution < -0.4 is 14.4 Å². The Morgan fingerprint density at radius 3 is 2.15 bits per heavy atom. The lowest BCUT2D eigenvalue weighted by atomic mass is 10.0. The summed E-state index contributed by atoms with van der Waals surface area (Å²) in [5, 5.41) is 3.04. The van der Waals surface area contributed by atoms with Crippen molar-refractivity contribution in [2.75, 3.05) is 23.7 Å². The van der Waals surface area contributed by atoms with Crippen LogP contribution in [0.15, 0.2) is 78.9 Å². The highest BCUT2D eigenvalue weighted by atomic mass is 32.2. The van der Waals surface area contributed by atoms with E-state index in [0.717, 1.165) is 33.7 Å². The fourth-order valence-corrected chi connectivity index (χ4v) is 5.27. The zero-order valence-electron chi connectivity index (χ0n) is 24.5. The molecule has 8 nitrogen and oxygen atoms in total. The molecule has 41 heavy (non-hydrogen) atoms. The summed E-state index contributed by atoms with van der Waals surface area (Å²) >= 11 is 0. The molecule has 0 fully saturated rings. The Morgan fingerprint density at radius 1 is 0.902 bits per heavy atom. The Balaban J connectivity index is 2.08. The van der Waals surface area contributed by atoms with Crippen molar-refractivity contribution in [3.63, 3.8) is 0 Å². The fourth-order valence-electron chi connectivity index (χ4n) is 4.42. The van der Waals surface area contributed by atoms with Crippen LogP contribution in [0, 0.1) is 6.92 Å². The molecule has 3 aromatic rings. The molecule has 0 saturated carbocycles. The SMILES string of the molecule is CCOc1ccccc1N(CC(=O)N(Cc1ccc(C)cc1)[C@H](Cc1ccccc1)C(=O)N[C@H](C)CC)S(C)(=O)=O. The summed E-state index contributed by atoms with van der Waals surface area (Å²) in [4.78, 5) is 29.4. The third-order valence-electron chi connectivity index (χ3n) is 6.86. The highest BCUT2D eigenvalue weighted by Gasteiger charge is 2.34. The van der Waals surface area contributed by atoms with E-state index in [2.05, 4.69) is 5.32 Å². The molecular formula is C32H41N3O5S. The molecule has 0 bridgehead atoms. The molecule has 0 unspecified atom stereocenters. The predicted molar refractivity (Wildman–Crippen MR) is 163 cm³/mol. The van der Waals surface area contributed by atoms with E-state index in [1.807, 2.05) is 75.4 Å². The van der Waals surface area contributed by atoms with Gasteiger partial charge in [0.15, 0.2) is 0 Å². The molecular weight excluding hydrogens is 538 g/mol. The van der Waals surface area contributed by atoms with Crippen LogP contribution in [0.25, 0.3) is 0 Å². The van der Waals surface area contributed by atoms with E-state index in [0.29, 0.717) is 12.4 Å². The molecule has 0 aliphatic heterocycles. The molecule has 3 rings (SSSR count). The Morgan fingerprint density at radius 2 is 1.54 bits per heavy atom. The summed E-state index contributed by atoms with van der Waals surface area (Å²) in [6.07, 6.45) is 2.06. The minimum Gasteiger partial charge on any atom is -0.492 e. The zero-order chi connectivity index (χ0) is 30.0. The van der Waals surface area contributed by atoms with Gasteiger partial charge in [0.25, 0.3) is 0 Å². The van der Waals surface area contributed by atoms with Crippen molar-refractivity contribution in [2.45, 2.75) is 59.2 Å². The lowest BCUT2D eigenvalue weighted by Crippen LogP contribution is -2.54. The number of anilines is 1. The Labute approximate surface area is 244 Å². The molecule has 9 heteroatoms. The standard InChI is InChI=1S/C32H41N3O5S/c1-6-25(4)33-32(37)29(21-26-13-9-8-10-14-26)34(22-27-19-17-24(3)18-20-27)31(36)23-35(41(5,38)39)28-15-11-12-16-30(28)40-7-2/h8-20,25,29H,6-7,21-23H2,1-5H3,(H,33,37)/t25-,29-/m1/s1. The first-order chi connectivity index (χ1) is 19.5. The minimum absolute atomic E-state index is 0.0947. The van der Waals surface area contributed by atoms with E-state index in [9.17, 15) is 18.0 Å². The largest absolute Gasteiger partial charge is 0.492 e. The summed E-state index contributed by atoms with van der Waals surface area (Å²) in [7, 11) is -3.89. The Bertz CT molecular complexity index is 1390. The second-order valence-electron chi connectivity index (χ2n) is 10.2. The van der Waals surface area contributed by atoms with Crippen molar-refractivity contribution in [1.82, 2.24) is 10.2 Å². The van der Waals surface area contributed by atoms with Crippen LogP contribution in [-0.4, -0.2) is 56.6 Å². The van der Waals surface area contributed by atoms with Gasteiger partial charge in [-0.05, 0) is 50.5 Å². The number of hydrogen-bond acceptors (Lipinski definition) is 5. The zero-order valence-corrected chi connectivity index (χ0v) is 25.4. The number of benzene rings is 3. The average molecular weight is 580 g/mol. The van der Waals surface area contributed by atoms with Crippen molar-refractivity contribution in [3.8, 4) is 5.75 Å². The number of nitrogens with one attached hydrogen (secondary N) is 1. The minimum atomic E-state index is -3.89. The first-order valence-electron chi connectivity index (χ1n) is 13.9. The van der Waals surface area contributed by atoms with Crippen LogP contribution in [0.2, 0.25) is 0 Å². The molecule has 0 saturated heterocycles. The molecule has 220 valence electrons. The second kappa shape index (κ2) is 14.7. The van der Waals surface area contributed by atoms with Gasteiger partial charge in [-0.25, -0.2) is 8.42 Å². The summed E-state index contributed by atoms with van der Waals surface area (Å²) in [6.45, 7) is 7.65. The van der Waals surface area contributed by atoms with Crippen LogP contribution in [0.1, 0.15) is 43.9 Å². The third kappa shape index (κ3) is 9.08. The van der Waals surface area contributed by atoms with Crippen LogP contribution in [0.4, 0.5) is 5.69 Å². The summed E-state index contributed by atoms with van der Waals surface area (Å²) < 4.78 is 32.8. The van der Waals surface area contributed by atoms with E-state index in [1.54, 1.807) is 31.2 Å². The maximum absolute atomic E-state index is 14.2. The molecule has 0 radical (unpaired) electrons. The van der Waals surface area contributed by atoms with Crippen LogP contribution in [0.5, 0.6) is 5.75 Å². The van der Waals surface area contributed by atoms with Crippen molar-refractivity contribution >= 4 is 27.5 Å². The monoisotopic (exact) mass is 579 g/mol. The van der Waals surface area contributed by atoms with E-state index >= 15 is 0 Å². The van der Waals surface area contributed by atoms with Gasteiger partial charge in [-0.2, -0.15) is 0 Å². The topological polar surface area (TPSA) is 96.0 Å². The molecule has 0 heterocycles. The van der Waals surface area contributed by atoms with Gasteiger partial charge in [-0.15, -0.1) is 0 Å². The number of nitrogens with zero attached hydrogens (tertiary/aromatic N) is 2. The molecule has 0 aromatic heterocycles. The molecule has 0 spiro atoms. The maximum Gasteiger partial charge on any atom is 0.244 e. The number of amides is 2. The molecule has 1 N–H and O–H groups in total. The van der Waals surface area contributed by atoms with Crippen LogP contribution in [0.3, 0.4) is 0 Å². The van der Waals surface area contributed by atoms with Crippen LogP contribution >= 0.6 is 0 Å². The van der Waals surface area contributed by atoms with E-state index < -0.39 is 28.5 Å². The number of hydrogen-bond donors (Lipinski definition) is 1. The van der Waals surface area contributed by atoms with Gasteiger partial charge < -0.3 is 15.0 Å². The third-order valence-corrected chi connectivity index (χ3v) is 7.99. The van der Waals surface area contributed by atoms with Gasteiger partial charge in [-0.3, -0.25) is 13.9 Å². The van der Waals surface area contributed by atoms with Gasteiger partial charge in [0.1, 0.15) is 18.3 Å². The number of sulfonamides is 1. The summed E-state index contributed by atoms with van der Waals surface area (Å²) in [6, 6.07) is 23.0. The summed E-state index contributed by atoms with van der Waals surface area (Å²) in [5.74, 6) is -0.430. The lowest BCUT2D eigenvalue weighted by Gasteiger charge is -2.34. The number of carbonyl (C=O) groups is 2. The van der Waals surface area contributed by atoms with Gasteiger partial charge in [0.2, 0.25) is 21.8 Å². The van der Waals surface area contributed by atoms with Gasteiger partial charge in [-0.1, -0.05) is 79.2 Å². The predicted octanol–water partition coefficient (Wildman–Crippen LogP) is 4.71. The van der Waals surface area contributed by atoms with E-state index in [-0.39, 0.29) is 30.6 Å². The van der Waals surface area contributed by atoms with E-state index in [1.165, 1.54) is 4.90 Å². The lowest BCUT2D eigenvalue weighted by molar-refractivity contribution is -0.140. The first-order valence-corrected chi connectivity index (χ1v) is 15.8. The fraction of sp³-hybridized carbons (Fsp3) is 0.375. The molecule has 0 aliphatic rings. The maximum atomic E-state index is 14.2.